The highest BCUT2D eigenvalue weighted by molar-refractivity contribution is 7.09. The quantitative estimate of drug-likeness (QED) is 0.821. The molecule has 1 fully saturated rings. The molecule has 4 nitrogen and oxygen atoms in total. The lowest BCUT2D eigenvalue weighted by Gasteiger charge is -2.31. The fourth-order valence-corrected chi connectivity index (χ4v) is 3.39. The summed E-state index contributed by atoms with van der Waals surface area (Å²) in [5, 5.41) is 5.70. The zero-order chi connectivity index (χ0) is 14.4. The first-order chi connectivity index (χ1) is 9.66. The number of thiazole rings is 1. The molecule has 0 bridgehead atoms. The summed E-state index contributed by atoms with van der Waals surface area (Å²) in [7, 11) is 2.21. The molecule has 0 aliphatic heterocycles. The molecule has 1 amide bonds. The lowest BCUT2D eigenvalue weighted by molar-refractivity contribution is 0.0946. The summed E-state index contributed by atoms with van der Waals surface area (Å²) in [6, 6.07) is 0.751. The maximum atomic E-state index is 11.8. The Kier molecular flexibility index (Phi) is 5.98. The SMILES string of the molecule is Cc1nc(C(=O)NCCCN(C)C2CCCCC2)cs1. The molecular weight excluding hydrogens is 270 g/mol. The second-order valence-electron chi connectivity index (χ2n) is 5.63. The Morgan fingerprint density at radius 2 is 2.20 bits per heavy atom. The molecule has 5 heteroatoms. The Morgan fingerprint density at radius 1 is 1.45 bits per heavy atom. The van der Waals surface area contributed by atoms with E-state index in [9.17, 15) is 4.79 Å². The highest BCUT2D eigenvalue weighted by Crippen LogP contribution is 2.21. The molecule has 112 valence electrons. The highest BCUT2D eigenvalue weighted by atomic mass is 32.1. The zero-order valence-electron chi connectivity index (χ0n) is 12.5. The molecule has 0 aromatic carbocycles. The Labute approximate surface area is 125 Å². The number of aryl methyl sites for hydroxylation is 1. The van der Waals surface area contributed by atoms with E-state index >= 15 is 0 Å². The van der Waals surface area contributed by atoms with E-state index in [4.69, 9.17) is 0 Å². The molecule has 0 unspecified atom stereocenters. The van der Waals surface area contributed by atoms with Crippen molar-refractivity contribution in [2.45, 2.75) is 51.5 Å². The first-order valence-electron chi connectivity index (χ1n) is 7.57. The molecule has 20 heavy (non-hydrogen) atoms. The molecule has 1 heterocycles. The van der Waals surface area contributed by atoms with E-state index in [-0.39, 0.29) is 5.91 Å². The molecule has 1 aromatic heterocycles. The van der Waals surface area contributed by atoms with Crippen molar-refractivity contribution in [1.82, 2.24) is 15.2 Å². The highest BCUT2D eigenvalue weighted by Gasteiger charge is 2.17. The fraction of sp³-hybridized carbons (Fsp3) is 0.733. The molecule has 0 spiro atoms. The fourth-order valence-electron chi connectivity index (χ4n) is 2.79. The van der Waals surface area contributed by atoms with Crippen LogP contribution >= 0.6 is 11.3 Å². The monoisotopic (exact) mass is 295 g/mol. The van der Waals surface area contributed by atoms with Gasteiger partial charge in [0.05, 0.1) is 5.01 Å². The average molecular weight is 295 g/mol. The summed E-state index contributed by atoms with van der Waals surface area (Å²) >= 11 is 1.52. The van der Waals surface area contributed by atoms with Crippen molar-refractivity contribution in [3.8, 4) is 0 Å². The van der Waals surface area contributed by atoms with Gasteiger partial charge in [-0.3, -0.25) is 4.79 Å². The minimum atomic E-state index is -0.0466. The lowest BCUT2D eigenvalue weighted by atomic mass is 9.94. The van der Waals surface area contributed by atoms with Crippen molar-refractivity contribution in [2.75, 3.05) is 20.1 Å². The first kappa shape index (κ1) is 15.4. The second-order valence-corrected chi connectivity index (χ2v) is 6.70. The molecule has 1 aliphatic rings. The van der Waals surface area contributed by atoms with Crippen molar-refractivity contribution >= 4 is 17.2 Å². The van der Waals surface area contributed by atoms with E-state index in [1.807, 2.05) is 12.3 Å². The minimum absolute atomic E-state index is 0.0466. The first-order valence-corrected chi connectivity index (χ1v) is 8.45. The number of carbonyl (C=O) groups is 1. The molecule has 2 rings (SSSR count). The van der Waals surface area contributed by atoms with Crippen LogP contribution in [0.25, 0.3) is 0 Å². The van der Waals surface area contributed by atoms with Gasteiger partial charge in [-0.05, 0) is 39.8 Å². The van der Waals surface area contributed by atoms with Crippen LogP contribution in [0.4, 0.5) is 0 Å². The number of hydrogen-bond acceptors (Lipinski definition) is 4. The van der Waals surface area contributed by atoms with Gasteiger partial charge in [0.25, 0.3) is 5.91 Å². The summed E-state index contributed by atoms with van der Waals surface area (Å²) in [5.74, 6) is -0.0466. The van der Waals surface area contributed by atoms with Gasteiger partial charge in [-0.25, -0.2) is 4.98 Å². The number of amides is 1. The summed E-state index contributed by atoms with van der Waals surface area (Å²) < 4.78 is 0. The molecule has 1 aromatic rings. The van der Waals surface area contributed by atoms with Gasteiger partial charge in [0.1, 0.15) is 5.69 Å². The van der Waals surface area contributed by atoms with Crippen molar-refractivity contribution in [3.05, 3.63) is 16.1 Å². The summed E-state index contributed by atoms with van der Waals surface area (Å²) in [5.41, 5.74) is 0.549. The van der Waals surface area contributed by atoms with Crippen LogP contribution in [-0.2, 0) is 0 Å². The number of rotatable bonds is 6. The Hall–Kier alpha value is -0.940. The number of aromatic nitrogens is 1. The standard InChI is InChI=1S/C15H25N3OS/c1-12-17-14(11-20-12)15(19)16-9-6-10-18(2)13-7-4-3-5-8-13/h11,13H,3-10H2,1-2H3,(H,16,19). The molecule has 1 saturated carbocycles. The van der Waals surface area contributed by atoms with Crippen molar-refractivity contribution in [1.29, 1.82) is 0 Å². The van der Waals surface area contributed by atoms with Gasteiger partial charge in [-0.1, -0.05) is 19.3 Å². The maximum absolute atomic E-state index is 11.8. The van der Waals surface area contributed by atoms with E-state index in [0.29, 0.717) is 5.69 Å². The van der Waals surface area contributed by atoms with Gasteiger partial charge in [-0.15, -0.1) is 11.3 Å². The number of carbonyl (C=O) groups excluding carboxylic acids is 1. The minimum Gasteiger partial charge on any atom is -0.351 e. The maximum Gasteiger partial charge on any atom is 0.270 e. The molecule has 1 N–H and O–H groups in total. The van der Waals surface area contributed by atoms with Crippen LogP contribution in [-0.4, -0.2) is 42.0 Å². The van der Waals surface area contributed by atoms with E-state index in [2.05, 4.69) is 22.2 Å². The largest absolute Gasteiger partial charge is 0.351 e. The average Bonchev–Trinajstić information content (AvgIpc) is 2.91. The molecule has 0 radical (unpaired) electrons. The van der Waals surface area contributed by atoms with Gasteiger partial charge >= 0.3 is 0 Å². The third-order valence-electron chi connectivity index (χ3n) is 4.02. The molecule has 0 saturated heterocycles. The van der Waals surface area contributed by atoms with Crippen LogP contribution in [0.15, 0.2) is 5.38 Å². The van der Waals surface area contributed by atoms with Gasteiger partial charge < -0.3 is 10.2 Å². The number of nitrogens with zero attached hydrogens (tertiary/aromatic N) is 2. The van der Waals surface area contributed by atoms with Crippen molar-refractivity contribution in [2.24, 2.45) is 0 Å². The Balaban J connectivity index is 1.62. The summed E-state index contributed by atoms with van der Waals surface area (Å²) in [4.78, 5) is 18.5. The van der Waals surface area contributed by atoms with Crippen LogP contribution < -0.4 is 5.32 Å². The predicted octanol–water partition coefficient (Wildman–Crippen LogP) is 2.84. The van der Waals surface area contributed by atoms with Gasteiger partial charge in [0.15, 0.2) is 0 Å². The lowest BCUT2D eigenvalue weighted by Crippen LogP contribution is -2.35. The van der Waals surface area contributed by atoms with E-state index in [1.54, 1.807) is 0 Å². The predicted molar refractivity (Wildman–Crippen MR) is 83.3 cm³/mol. The normalized spacial score (nSPS) is 16.6. The van der Waals surface area contributed by atoms with E-state index < -0.39 is 0 Å². The summed E-state index contributed by atoms with van der Waals surface area (Å²) in [6.45, 7) is 3.70. The van der Waals surface area contributed by atoms with Gasteiger partial charge in [0.2, 0.25) is 0 Å². The van der Waals surface area contributed by atoms with Crippen molar-refractivity contribution in [3.63, 3.8) is 0 Å². The molecule has 0 atom stereocenters. The third kappa shape index (κ3) is 4.56. The number of hydrogen-bond donors (Lipinski definition) is 1. The Morgan fingerprint density at radius 3 is 2.85 bits per heavy atom. The van der Waals surface area contributed by atoms with Crippen molar-refractivity contribution < 1.29 is 4.79 Å². The van der Waals surface area contributed by atoms with Crippen LogP contribution in [0.3, 0.4) is 0 Å². The van der Waals surface area contributed by atoms with E-state index in [1.165, 1.54) is 43.4 Å². The van der Waals surface area contributed by atoms with Crippen LogP contribution in [0.2, 0.25) is 0 Å². The molecular formula is C15H25N3OS. The van der Waals surface area contributed by atoms with Gasteiger partial charge in [-0.2, -0.15) is 0 Å². The van der Waals surface area contributed by atoms with E-state index in [0.717, 1.165) is 30.6 Å². The third-order valence-corrected chi connectivity index (χ3v) is 4.80. The van der Waals surface area contributed by atoms with Crippen LogP contribution in [0, 0.1) is 6.92 Å². The zero-order valence-corrected chi connectivity index (χ0v) is 13.3. The summed E-state index contributed by atoms with van der Waals surface area (Å²) in [6.07, 6.45) is 7.81. The van der Waals surface area contributed by atoms with Crippen LogP contribution in [0.1, 0.15) is 54.0 Å². The molecule has 1 aliphatic carbocycles. The van der Waals surface area contributed by atoms with Gasteiger partial charge in [0, 0.05) is 18.0 Å². The number of nitrogens with one attached hydrogen (secondary N) is 1. The topological polar surface area (TPSA) is 45.2 Å². The van der Waals surface area contributed by atoms with Crippen LogP contribution in [0.5, 0.6) is 0 Å². The second kappa shape index (κ2) is 7.74. The Bertz CT molecular complexity index is 427. The smallest absolute Gasteiger partial charge is 0.270 e.